The number of aliphatic hydroxyl groups is 2. The normalized spacial score (nSPS) is 17.4. The first-order chi connectivity index (χ1) is 17.2. The van der Waals surface area contributed by atoms with Gasteiger partial charge in [-0.25, -0.2) is 0 Å². The summed E-state index contributed by atoms with van der Waals surface area (Å²) in [7, 11) is 0. The molecular formula is C29H41N3O4. The average Bonchev–Trinajstić information content (AvgIpc) is 3.39. The van der Waals surface area contributed by atoms with E-state index in [1.165, 1.54) is 12.8 Å². The number of hydrogen-bond acceptors (Lipinski definition) is 5. The number of amides is 2. The molecule has 0 bridgehead atoms. The number of rotatable bonds is 12. The second-order valence-electron chi connectivity index (χ2n) is 10.4. The minimum atomic E-state index is -1.33. The summed E-state index contributed by atoms with van der Waals surface area (Å²) >= 11 is 0. The molecule has 0 saturated carbocycles. The molecule has 7 heteroatoms. The molecule has 4 atom stereocenters. The van der Waals surface area contributed by atoms with Gasteiger partial charge in [-0.05, 0) is 61.5 Å². The summed E-state index contributed by atoms with van der Waals surface area (Å²) in [5.41, 5.74) is 2.62. The Morgan fingerprint density at radius 2 is 1.53 bits per heavy atom. The molecule has 196 valence electrons. The fourth-order valence-corrected chi connectivity index (χ4v) is 4.64. The van der Waals surface area contributed by atoms with Gasteiger partial charge in [-0.3, -0.25) is 14.5 Å². The van der Waals surface area contributed by atoms with Crippen LogP contribution in [-0.4, -0.2) is 58.3 Å². The Balaban J connectivity index is 1.58. The van der Waals surface area contributed by atoms with Crippen LogP contribution in [0.15, 0.2) is 54.6 Å². The second-order valence-corrected chi connectivity index (χ2v) is 10.4. The van der Waals surface area contributed by atoms with Crippen molar-refractivity contribution in [3.8, 4) is 0 Å². The molecule has 2 amide bonds. The van der Waals surface area contributed by atoms with Crippen molar-refractivity contribution in [3.05, 3.63) is 71.3 Å². The van der Waals surface area contributed by atoms with Gasteiger partial charge in [0.25, 0.3) is 5.91 Å². The molecule has 0 radical (unpaired) electrons. The molecular weight excluding hydrogens is 454 g/mol. The van der Waals surface area contributed by atoms with E-state index in [-0.39, 0.29) is 17.7 Å². The third-order valence-corrected chi connectivity index (χ3v) is 6.86. The number of carbonyl (C=O) groups is 2. The smallest absolute Gasteiger partial charge is 0.251 e. The Morgan fingerprint density at radius 1 is 0.889 bits per heavy atom. The first kappa shape index (κ1) is 27.8. The number of aliphatic hydroxyl groups excluding tert-OH is 2. The van der Waals surface area contributed by atoms with Crippen molar-refractivity contribution in [1.82, 2.24) is 15.5 Å². The summed E-state index contributed by atoms with van der Waals surface area (Å²) in [5.74, 6) is -1.34. The van der Waals surface area contributed by atoms with E-state index in [9.17, 15) is 19.8 Å². The summed E-state index contributed by atoms with van der Waals surface area (Å²) in [6.07, 6.45) is 0.323. The highest BCUT2D eigenvalue weighted by Crippen LogP contribution is 2.18. The summed E-state index contributed by atoms with van der Waals surface area (Å²) in [6, 6.07) is 16.3. The molecule has 3 rings (SSSR count). The zero-order valence-corrected chi connectivity index (χ0v) is 21.7. The van der Waals surface area contributed by atoms with Crippen molar-refractivity contribution >= 4 is 11.8 Å². The van der Waals surface area contributed by atoms with Gasteiger partial charge in [0.15, 0.2) is 0 Å². The van der Waals surface area contributed by atoms with E-state index in [2.05, 4.69) is 15.5 Å². The van der Waals surface area contributed by atoms with E-state index < -0.39 is 24.2 Å². The summed E-state index contributed by atoms with van der Waals surface area (Å²) in [5, 5.41) is 27.5. The number of benzene rings is 2. The van der Waals surface area contributed by atoms with Crippen molar-refractivity contribution in [2.75, 3.05) is 13.1 Å². The van der Waals surface area contributed by atoms with E-state index in [0.29, 0.717) is 18.5 Å². The lowest BCUT2D eigenvalue weighted by Gasteiger charge is -2.31. The molecule has 0 aliphatic carbocycles. The van der Waals surface area contributed by atoms with Crippen molar-refractivity contribution in [2.45, 2.75) is 71.4 Å². The maximum Gasteiger partial charge on any atom is 0.251 e. The molecule has 36 heavy (non-hydrogen) atoms. The van der Waals surface area contributed by atoms with Crippen LogP contribution in [0.25, 0.3) is 0 Å². The number of nitrogens with one attached hydrogen (secondary N) is 2. The van der Waals surface area contributed by atoms with E-state index in [1.54, 1.807) is 19.1 Å². The largest absolute Gasteiger partial charge is 0.390 e. The first-order valence-corrected chi connectivity index (χ1v) is 13.0. The van der Waals surface area contributed by atoms with Gasteiger partial charge in [0.2, 0.25) is 5.91 Å². The number of hydrogen-bond donors (Lipinski definition) is 4. The van der Waals surface area contributed by atoms with E-state index >= 15 is 0 Å². The van der Waals surface area contributed by atoms with Crippen LogP contribution >= 0.6 is 0 Å². The fourth-order valence-electron chi connectivity index (χ4n) is 4.64. The van der Waals surface area contributed by atoms with Crippen molar-refractivity contribution in [1.29, 1.82) is 0 Å². The number of likely N-dealkylation sites (tertiary alicyclic amines) is 1. The van der Waals surface area contributed by atoms with Crippen LogP contribution in [0.4, 0.5) is 0 Å². The Morgan fingerprint density at radius 3 is 2.14 bits per heavy atom. The van der Waals surface area contributed by atoms with Gasteiger partial charge < -0.3 is 20.8 Å². The van der Waals surface area contributed by atoms with Crippen LogP contribution in [0.1, 0.15) is 61.5 Å². The molecule has 1 aliphatic rings. The van der Waals surface area contributed by atoms with Crippen molar-refractivity contribution in [3.63, 3.8) is 0 Å². The molecule has 1 saturated heterocycles. The van der Waals surface area contributed by atoms with E-state index in [0.717, 1.165) is 30.8 Å². The predicted molar refractivity (Wildman–Crippen MR) is 141 cm³/mol. The molecule has 2 aromatic rings. The van der Waals surface area contributed by atoms with Gasteiger partial charge in [0, 0.05) is 18.7 Å². The summed E-state index contributed by atoms with van der Waals surface area (Å²) in [6.45, 7) is 9.01. The van der Waals surface area contributed by atoms with Gasteiger partial charge in [-0.1, -0.05) is 63.2 Å². The fraction of sp³-hybridized carbons (Fsp3) is 0.517. The van der Waals surface area contributed by atoms with Crippen LogP contribution in [0.2, 0.25) is 0 Å². The molecule has 0 aromatic heterocycles. The zero-order chi connectivity index (χ0) is 26.1. The lowest BCUT2D eigenvalue weighted by molar-refractivity contribution is -0.132. The molecule has 2 aromatic carbocycles. The van der Waals surface area contributed by atoms with Crippen LogP contribution in [0, 0.1) is 11.8 Å². The van der Waals surface area contributed by atoms with Gasteiger partial charge in [0.1, 0.15) is 6.10 Å². The van der Waals surface area contributed by atoms with E-state index in [4.69, 9.17) is 0 Å². The first-order valence-electron chi connectivity index (χ1n) is 13.0. The monoisotopic (exact) mass is 495 g/mol. The summed E-state index contributed by atoms with van der Waals surface area (Å²) in [4.78, 5) is 28.0. The average molecular weight is 496 g/mol. The third-order valence-electron chi connectivity index (χ3n) is 6.86. The number of carbonyl (C=O) groups excluding carboxylic acids is 2. The minimum Gasteiger partial charge on any atom is -0.390 e. The Labute approximate surface area is 214 Å². The van der Waals surface area contributed by atoms with Gasteiger partial charge >= 0.3 is 0 Å². The topological polar surface area (TPSA) is 102 Å². The zero-order valence-electron chi connectivity index (χ0n) is 21.7. The Bertz CT molecular complexity index is 958. The highest BCUT2D eigenvalue weighted by atomic mass is 16.3. The third kappa shape index (κ3) is 8.15. The lowest BCUT2D eigenvalue weighted by atomic mass is 9.89. The molecule has 4 N–H and O–H groups in total. The minimum absolute atomic E-state index is 0.169. The highest BCUT2D eigenvalue weighted by Gasteiger charge is 2.34. The summed E-state index contributed by atoms with van der Waals surface area (Å²) < 4.78 is 0. The van der Waals surface area contributed by atoms with Crippen LogP contribution in [0.3, 0.4) is 0 Å². The number of nitrogens with zero attached hydrogens (tertiary/aromatic N) is 1. The van der Waals surface area contributed by atoms with Crippen molar-refractivity contribution in [2.24, 2.45) is 11.8 Å². The van der Waals surface area contributed by atoms with Gasteiger partial charge in [0.05, 0.1) is 18.1 Å². The molecule has 1 aliphatic heterocycles. The maximum atomic E-state index is 13.0. The SMILES string of the molecule is CC(C)C[C@H](NC(=O)c1ccc(CN2CCCC2)cc1)[C@@H](O)[C@H](O)[C@@H](C)C(=O)NCc1ccccc1. The molecule has 0 spiro atoms. The van der Waals surface area contributed by atoms with Crippen LogP contribution < -0.4 is 10.6 Å². The lowest BCUT2D eigenvalue weighted by Crippen LogP contribution is -2.52. The van der Waals surface area contributed by atoms with Gasteiger partial charge in [-0.2, -0.15) is 0 Å². The predicted octanol–water partition coefficient (Wildman–Crippen LogP) is 3.10. The Kier molecular flexibility index (Phi) is 10.5. The van der Waals surface area contributed by atoms with Crippen molar-refractivity contribution < 1.29 is 19.8 Å². The van der Waals surface area contributed by atoms with E-state index in [1.807, 2.05) is 56.3 Å². The molecule has 1 fully saturated rings. The Hall–Kier alpha value is -2.74. The highest BCUT2D eigenvalue weighted by molar-refractivity contribution is 5.94. The molecule has 1 heterocycles. The molecule has 0 unspecified atom stereocenters. The van der Waals surface area contributed by atoms with Crippen LogP contribution in [-0.2, 0) is 17.9 Å². The maximum absolute atomic E-state index is 13.0. The quantitative estimate of drug-likeness (QED) is 0.363. The van der Waals surface area contributed by atoms with Crippen LogP contribution in [0.5, 0.6) is 0 Å². The second kappa shape index (κ2) is 13.5. The molecule has 7 nitrogen and oxygen atoms in total. The standard InChI is InChI=1S/C29H41N3O4/c1-20(2)17-25(27(34)26(33)21(3)28(35)30-18-22-9-5-4-6-10-22)31-29(36)24-13-11-23(12-14-24)19-32-15-7-8-16-32/h4-6,9-14,20-21,25-27,33-34H,7-8,15-19H2,1-3H3,(H,30,35)(H,31,36)/t21-,25+,26-,27-/m1/s1. The van der Waals surface area contributed by atoms with Gasteiger partial charge in [-0.15, -0.1) is 0 Å².